The molecule has 2 aromatic carbocycles. The molecule has 37 heavy (non-hydrogen) atoms. The van der Waals surface area contributed by atoms with Gasteiger partial charge >= 0.3 is 0 Å². The molecule has 1 N–H and O–H groups in total. The number of carbonyl (C=O) groups is 1. The van der Waals surface area contributed by atoms with E-state index in [9.17, 15) is 17.6 Å². The van der Waals surface area contributed by atoms with E-state index in [4.69, 9.17) is 4.74 Å². The number of benzene rings is 2. The summed E-state index contributed by atoms with van der Waals surface area (Å²) in [5.74, 6) is -0.149. The first-order chi connectivity index (χ1) is 17.3. The fraction of sp³-hybridized carbons (Fsp3) is 0.517. The van der Waals surface area contributed by atoms with E-state index in [-0.39, 0.29) is 45.8 Å². The molecule has 1 aliphatic heterocycles. The first-order valence-corrected chi connectivity index (χ1v) is 14.6. The van der Waals surface area contributed by atoms with Gasteiger partial charge in [-0.15, -0.1) is 0 Å². The average molecular weight is 531 g/mol. The first kappa shape index (κ1) is 28.8. The lowest BCUT2D eigenvalue weighted by molar-refractivity contribution is -0.121. The number of carbonyl (C=O) groups excluding carboxylic acids is 1. The van der Waals surface area contributed by atoms with Gasteiger partial charge in [0, 0.05) is 24.0 Å². The van der Waals surface area contributed by atoms with Gasteiger partial charge in [0.15, 0.2) is 9.84 Å². The first-order valence-electron chi connectivity index (χ1n) is 13.0. The molecule has 0 fully saturated rings. The zero-order valence-electron chi connectivity index (χ0n) is 22.8. The molecule has 1 aliphatic rings. The minimum Gasteiger partial charge on any atom is -0.493 e. The molecule has 202 valence electrons. The van der Waals surface area contributed by atoms with Crippen LogP contribution < -0.4 is 10.2 Å². The van der Waals surface area contributed by atoms with Crippen molar-refractivity contribution in [3.8, 4) is 5.75 Å². The van der Waals surface area contributed by atoms with E-state index in [2.05, 4.69) is 64.2 Å². The van der Waals surface area contributed by atoms with Gasteiger partial charge in [-0.05, 0) is 59.9 Å². The Balaban J connectivity index is 1.62. The standard InChI is InChI=1S/C29H39FN2O4S/c1-7-28(3,4)20-11-13-25(23(18-20)29(5,6)8-2)36-16-9-10-27(33)32-31-24-15-17-37(34,35)26-14-12-21(30)19-22(24)26/h11-14,18-19H,7-10,15-17H2,1-6H3,(H,32,33)/b31-24+. The van der Waals surface area contributed by atoms with Crippen molar-refractivity contribution < 1.29 is 22.3 Å². The predicted octanol–water partition coefficient (Wildman–Crippen LogP) is 6.06. The van der Waals surface area contributed by atoms with Crippen molar-refractivity contribution in [1.29, 1.82) is 0 Å². The predicted molar refractivity (Wildman–Crippen MR) is 146 cm³/mol. The van der Waals surface area contributed by atoms with Gasteiger partial charge in [0.25, 0.3) is 0 Å². The Hall–Kier alpha value is -2.74. The van der Waals surface area contributed by atoms with Crippen LogP contribution in [0.15, 0.2) is 46.4 Å². The van der Waals surface area contributed by atoms with Crippen molar-refractivity contribution in [3.63, 3.8) is 0 Å². The third-order valence-corrected chi connectivity index (χ3v) is 9.34. The van der Waals surface area contributed by atoms with Crippen molar-refractivity contribution in [1.82, 2.24) is 5.43 Å². The SMILES string of the molecule is CCC(C)(C)c1ccc(OCCCC(=O)N/N=C2\CCS(=O)(=O)c3ccc(F)cc32)c(C(C)(C)CC)c1. The summed E-state index contributed by atoms with van der Waals surface area (Å²) in [6.45, 7) is 13.7. The zero-order valence-corrected chi connectivity index (χ0v) is 23.6. The molecule has 0 aromatic heterocycles. The van der Waals surface area contributed by atoms with Crippen molar-refractivity contribution in [2.75, 3.05) is 12.4 Å². The number of halogens is 1. The third kappa shape index (κ3) is 6.78. The zero-order chi connectivity index (χ0) is 27.4. The number of sulfone groups is 1. The van der Waals surface area contributed by atoms with Crippen LogP contribution >= 0.6 is 0 Å². The van der Waals surface area contributed by atoms with Crippen LogP contribution in [0.5, 0.6) is 5.75 Å². The Labute approximate surface area is 220 Å². The Morgan fingerprint density at radius 3 is 2.43 bits per heavy atom. The largest absolute Gasteiger partial charge is 0.493 e. The lowest BCUT2D eigenvalue weighted by Gasteiger charge is -2.30. The number of hydrogen-bond acceptors (Lipinski definition) is 5. The second-order valence-corrected chi connectivity index (χ2v) is 13.0. The van der Waals surface area contributed by atoms with Gasteiger partial charge in [-0.2, -0.15) is 5.10 Å². The quantitative estimate of drug-likeness (QED) is 0.230. The molecule has 0 unspecified atom stereocenters. The monoisotopic (exact) mass is 530 g/mol. The molecule has 0 saturated carbocycles. The highest BCUT2D eigenvalue weighted by Crippen LogP contribution is 2.38. The maximum Gasteiger partial charge on any atom is 0.240 e. The average Bonchev–Trinajstić information content (AvgIpc) is 2.85. The Morgan fingerprint density at radius 1 is 1.05 bits per heavy atom. The highest BCUT2D eigenvalue weighted by atomic mass is 32.2. The molecule has 0 radical (unpaired) electrons. The topological polar surface area (TPSA) is 84.8 Å². The van der Waals surface area contributed by atoms with Gasteiger partial charge in [-0.25, -0.2) is 18.2 Å². The minimum absolute atomic E-state index is 0.0423. The highest BCUT2D eigenvalue weighted by molar-refractivity contribution is 7.91. The smallest absolute Gasteiger partial charge is 0.240 e. The molecule has 8 heteroatoms. The fourth-order valence-corrected chi connectivity index (χ4v) is 5.66. The maximum atomic E-state index is 13.7. The summed E-state index contributed by atoms with van der Waals surface area (Å²) in [5, 5.41) is 4.11. The molecule has 6 nitrogen and oxygen atoms in total. The third-order valence-electron chi connectivity index (χ3n) is 7.57. The van der Waals surface area contributed by atoms with E-state index in [1.165, 1.54) is 17.2 Å². The molecule has 0 bridgehead atoms. The van der Waals surface area contributed by atoms with Crippen LogP contribution in [-0.4, -0.2) is 32.4 Å². The van der Waals surface area contributed by atoms with Gasteiger partial charge in [-0.3, -0.25) is 4.79 Å². The maximum absolute atomic E-state index is 13.7. The van der Waals surface area contributed by atoms with E-state index >= 15 is 0 Å². The summed E-state index contributed by atoms with van der Waals surface area (Å²) < 4.78 is 44.4. The minimum atomic E-state index is -3.48. The summed E-state index contributed by atoms with van der Waals surface area (Å²) in [4.78, 5) is 12.4. The van der Waals surface area contributed by atoms with Gasteiger partial charge in [-0.1, -0.05) is 53.7 Å². The Bertz CT molecular complexity index is 1280. The molecule has 0 spiro atoms. The fourth-order valence-electron chi connectivity index (χ4n) is 4.19. The summed E-state index contributed by atoms with van der Waals surface area (Å²) >= 11 is 0. The van der Waals surface area contributed by atoms with Gasteiger partial charge < -0.3 is 4.74 Å². The van der Waals surface area contributed by atoms with Crippen LogP contribution in [0, 0.1) is 5.82 Å². The lowest BCUT2D eigenvalue weighted by atomic mass is 9.76. The molecule has 1 heterocycles. The molecule has 0 aliphatic carbocycles. The number of hydrogen-bond donors (Lipinski definition) is 1. The second-order valence-electron chi connectivity index (χ2n) is 10.9. The van der Waals surface area contributed by atoms with E-state index in [1.807, 2.05) is 6.07 Å². The summed E-state index contributed by atoms with van der Waals surface area (Å²) in [7, 11) is -3.48. The number of ether oxygens (including phenoxy) is 1. The number of fused-ring (bicyclic) bond motifs is 1. The number of nitrogens with zero attached hydrogens (tertiary/aromatic N) is 1. The summed E-state index contributed by atoms with van der Waals surface area (Å²) in [6, 6.07) is 9.94. The number of amides is 1. The van der Waals surface area contributed by atoms with Crippen LogP contribution in [0.2, 0.25) is 0 Å². The molecular formula is C29H39FN2O4S. The molecule has 0 saturated heterocycles. The Morgan fingerprint density at radius 2 is 1.76 bits per heavy atom. The Kier molecular flexibility index (Phi) is 8.83. The molecule has 1 amide bonds. The van der Waals surface area contributed by atoms with E-state index in [0.29, 0.717) is 18.7 Å². The summed E-state index contributed by atoms with van der Waals surface area (Å²) in [6.07, 6.45) is 2.80. The summed E-state index contributed by atoms with van der Waals surface area (Å²) in [5.41, 5.74) is 5.53. The molecule has 3 rings (SSSR count). The van der Waals surface area contributed by atoms with E-state index < -0.39 is 15.7 Å². The van der Waals surface area contributed by atoms with Crippen LogP contribution in [0.4, 0.5) is 4.39 Å². The van der Waals surface area contributed by atoms with Crippen molar-refractivity contribution in [3.05, 3.63) is 58.9 Å². The van der Waals surface area contributed by atoms with Crippen molar-refractivity contribution >= 4 is 21.5 Å². The molecule has 2 aromatic rings. The number of hydrazone groups is 1. The van der Waals surface area contributed by atoms with E-state index in [0.717, 1.165) is 30.7 Å². The van der Waals surface area contributed by atoms with Crippen molar-refractivity contribution in [2.45, 2.75) is 89.4 Å². The van der Waals surface area contributed by atoms with Gasteiger partial charge in [0.2, 0.25) is 5.91 Å². The second kappa shape index (κ2) is 11.3. The highest BCUT2D eigenvalue weighted by Gasteiger charge is 2.29. The van der Waals surface area contributed by atoms with E-state index in [1.54, 1.807) is 0 Å². The van der Waals surface area contributed by atoms with Crippen molar-refractivity contribution in [2.24, 2.45) is 5.10 Å². The lowest BCUT2D eigenvalue weighted by Crippen LogP contribution is -2.26. The van der Waals surface area contributed by atoms with Crippen LogP contribution in [0.25, 0.3) is 0 Å². The number of rotatable bonds is 10. The van der Waals surface area contributed by atoms with Gasteiger partial charge in [0.1, 0.15) is 11.6 Å². The van der Waals surface area contributed by atoms with Crippen LogP contribution in [-0.2, 0) is 25.5 Å². The van der Waals surface area contributed by atoms with Crippen LogP contribution in [0.3, 0.4) is 0 Å². The van der Waals surface area contributed by atoms with Gasteiger partial charge in [0.05, 0.1) is 23.0 Å². The normalized spacial score (nSPS) is 16.4. The van der Waals surface area contributed by atoms with Crippen LogP contribution in [0.1, 0.15) is 90.3 Å². The molecule has 0 atom stereocenters. The molecular weight excluding hydrogens is 491 g/mol. The number of nitrogens with one attached hydrogen (secondary N) is 1.